The van der Waals surface area contributed by atoms with Crippen LogP contribution < -0.4 is 0 Å². The molecule has 24 heavy (non-hydrogen) atoms. The molecule has 0 heterocycles. The molecule has 2 atom stereocenters. The van der Waals surface area contributed by atoms with Crippen LogP contribution in [0.5, 0.6) is 0 Å². The van der Waals surface area contributed by atoms with Crippen LogP contribution in [0.2, 0.25) is 0 Å². The molecule has 2 aliphatic rings. The molecule has 0 amide bonds. The zero-order valence-electron chi connectivity index (χ0n) is 14.5. The van der Waals surface area contributed by atoms with Crippen LogP contribution in [0.15, 0.2) is 58.1 Å². The highest BCUT2D eigenvalue weighted by molar-refractivity contribution is 9.10. The third-order valence-corrected chi connectivity index (χ3v) is 6.31. The summed E-state index contributed by atoms with van der Waals surface area (Å²) < 4.78 is 1.22. The highest BCUT2D eigenvalue weighted by Crippen LogP contribution is 2.49. The van der Waals surface area contributed by atoms with Gasteiger partial charge in [0.05, 0.1) is 0 Å². The fourth-order valence-corrected chi connectivity index (χ4v) is 4.88. The minimum absolute atomic E-state index is 0.524. The molecule has 0 spiro atoms. The van der Waals surface area contributed by atoms with Crippen LogP contribution in [0.3, 0.4) is 0 Å². The Kier molecular flexibility index (Phi) is 4.00. The lowest BCUT2D eigenvalue weighted by Gasteiger charge is -2.25. The zero-order chi connectivity index (χ0) is 16.8. The molecule has 0 fully saturated rings. The van der Waals surface area contributed by atoms with Crippen LogP contribution in [0, 0.1) is 5.92 Å². The lowest BCUT2D eigenvalue weighted by Crippen LogP contribution is -2.09. The maximum absolute atomic E-state index is 3.72. The van der Waals surface area contributed by atoms with Crippen molar-refractivity contribution in [1.82, 2.24) is 0 Å². The minimum atomic E-state index is 0.524. The van der Waals surface area contributed by atoms with Gasteiger partial charge in [-0.1, -0.05) is 89.5 Å². The zero-order valence-corrected chi connectivity index (χ0v) is 16.1. The summed E-state index contributed by atoms with van der Waals surface area (Å²) in [6.07, 6.45) is 5.97. The van der Waals surface area contributed by atoms with Gasteiger partial charge in [-0.05, 0) is 47.6 Å². The number of halogens is 1. The number of benzene rings is 2. The maximum atomic E-state index is 3.72. The molecule has 2 unspecified atom stereocenters. The maximum Gasteiger partial charge on any atom is 0.0250 e. The van der Waals surface area contributed by atoms with E-state index >= 15 is 0 Å². The van der Waals surface area contributed by atoms with E-state index in [0.29, 0.717) is 17.8 Å². The van der Waals surface area contributed by atoms with Gasteiger partial charge >= 0.3 is 0 Å². The number of hydrogen-bond donors (Lipinski definition) is 0. The van der Waals surface area contributed by atoms with Crippen molar-refractivity contribution in [3.05, 3.63) is 80.3 Å². The monoisotopic (exact) mass is 378 g/mol. The quantitative estimate of drug-likeness (QED) is 0.530. The highest BCUT2D eigenvalue weighted by Gasteiger charge is 2.32. The molecule has 0 aromatic heterocycles. The van der Waals surface area contributed by atoms with Gasteiger partial charge < -0.3 is 0 Å². The molecule has 0 nitrogen and oxygen atoms in total. The molecule has 2 aromatic carbocycles. The van der Waals surface area contributed by atoms with E-state index in [-0.39, 0.29) is 0 Å². The van der Waals surface area contributed by atoms with Crippen molar-refractivity contribution in [1.29, 1.82) is 0 Å². The molecule has 0 bridgehead atoms. The van der Waals surface area contributed by atoms with Gasteiger partial charge in [0.2, 0.25) is 0 Å². The lowest BCUT2D eigenvalue weighted by atomic mass is 9.79. The topological polar surface area (TPSA) is 0 Å². The first kappa shape index (κ1) is 15.9. The number of hydrogen-bond acceptors (Lipinski definition) is 0. The van der Waals surface area contributed by atoms with E-state index in [9.17, 15) is 0 Å². The van der Waals surface area contributed by atoms with Crippen molar-refractivity contribution >= 4 is 28.1 Å². The van der Waals surface area contributed by atoms with Crippen LogP contribution in [-0.2, 0) is 0 Å². The van der Waals surface area contributed by atoms with E-state index in [0.717, 1.165) is 0 Å². The second-order valence-corrected chi connectivity index (χ2v) is 8.25. The second-order valence-electron chi connectivity index (χ2n) is 7.40. The van der Waals surface area contributed by atoms with Crippen LogP contribution in [0.1, 0.15) is 61.3 Å². The van der Waals surface area contributed by atoms with Crippen molar-refractivity contribution in [3.63, 3.8) is 0 Å². The highest BCUT2D eigenvalue weighted by atomic mass is 79.9. The van der Waals surface area contributed by atoms with Crippen LogP contribution in [0.25, 0.3) is 12.2 Å². The summed E-state index contributed by atoms with van der Waals surface area (Å²) in [5.74, 6) is 1.66. The van der Waals surface area contributed by atoms with Gasteiger partial charge in [-0.15, -0.1) is 0 Å². The first-order valence-corrected chi connectivity index (χ1v) is 9.62. The Morgan fingerprint density at radius 2 is 1.67 bits per heavy atom. The first-order chi connectivity index (χ1) is 11.6. The third-order valence-electron chi connectivity index (χ3n) is 5.62. The number of fused-ring (bicyclic) bond motifs is 2. The predicted octanol–water partition coefficient (Wildman–Crippen LogP) is 7.18. The molecule has 1 heteroatoms. The molecule has 0 N–H and O–H groups in total. The fourth-order valence-electron chi connectivity index (χ4n) is 4.38. The molecule has 2 aliphatic carbocycles. The Labute approximate surface area is 153 Å². The largest absolute Gasteiger partial charge is 0.0651 e. The van der Waals surface area contributed by atoms with Crippen LogP contribution >= 0.6 is 15.9 Å². The number of rotatable bonds is 3. The molecule has 2 aromatic rings. The smallest absolute Gasteiger partial charge is 0.0250 e. The second kappa shape index (κ2) is 6.04. The van der Waals surface area contributed by atoms with Crippen molar-refractivity contribution in [2.24, 2.45) is 5.92 Å². The summed E-state index contributed by atoms with van der Waals surface area (Å²) in [5.41, 5.74) is 8.87. The van der Waals surface area contributed by atoms with E-state index in [2.05, 4.69) is 91.3 Å². The summed E-state index contributed by atoms with van der Waals surface area (Å²) in [6.45, 7) is 6.94. The SMILES string of the molecule is CC1=Cc2c(Br)cccc2C1CC1C(C(C)C)=Cc2ccccc21. The van der Waals surface area contributed by atoms with E-state index in [1.54, 1.807) is 5.57 Å². The molecular formula is C23H23Br. The van der Waals surface area contributed by atoms with Gasteiger partial charge in [-0.25, -0.2) is 0 Å². The Hall–Kier alpha value is -1.60. The van der Waals surface area contributed by atoms with Crippen molar-refractivity contribution in [2.75, 3.05) is 0 Å². The minimum Gasteiger partial charge on any atom is -0.0651 e. The van der Waals surface area contributed by atoms with Gasteiger partial charge in [-0.2, -0.15) is 0 Å². The molecular weight excluding hydrogens is 356 g/mol. The van der Waals surface area contributed by atoms with Crippen molar-refractivity contribution < 1.29 is 0 Å². The summed E-state index contributed by atoms with van der Waals surface area (Å²) in [5, 5.41) is 0. The Bertz CT molecular complexity index is 854. The normalized spacial score (nSPS) is 21.5. The Morgan fingerprint density at radius 3 is 2.46 bits per heavy atom. The Balaban J connectivity index is 1.72. The van der Waals surface area contributed by atoms with Crippen LogP contribution in [-0.4, -0.2) is 0 Å². The van der Waals surface area contributed by atoms with E-state index in [1.807, 2.05) is 0 Å². The van der Waals surface area contributed by atoms with E-state index in [1.165, 1.54) is 38.7 Å². The van der Waals surface area contributed by atoms with Gasteiger partial charge in [0, 0.05) is 16.3 Å². The molecule has 0 saturated carbocycles. The van der Waals surface area contributed by atoms with Gasteiger partial charge in [0.1, 0.15) is 0 Å². The molecule has 0 radical (unpaired) electrons. The molecule has 0 aliphatic heterocycles. The first-order valence-electron chi connectivity index (χ1n) is 8.83. The fraction of sp³-hybridized carbons (Fsp3) is 0.304. The van der Waals surface area contributed by atoms with Gasteiger partial charge in [0.25, 0.3) is 0 Å². The summed E-state index contributed by atoms with van der Waals surface area (Å²) in [6, 6.07) is 15.5. The summed E-state index contributed by atoms with van der Waals surface area (Å²) in [4.78, 5) is 0. The van der Waals surface area contributed by atoms with Crippen molar-refractivity contribution in [3.8, 4) is 0 Å². The third kappa shape index (κ3) is 2.50. The summed E-state index contributed by atoms with van der Waals surface area (Å²) in [7, 11) is 0. The Morgan fingerprint density at radius 1 is 0.917 bits per heavy atom. The number of allylic oxidation sites excluding steroid dienone is 2. The van der Waals surface area contributed by atoms with E-state index in [4.69, 9.17) is 0 Å². The van der Waals surface area contributed by atoms with Gasteiger partial charge in [0.15, 0.2) is 0 Å². The lowest BCUT2D eigenvalue weighted by molar-refractivity contribution is 0.588. The van der Waals surface area contributed by atoms with Gasteiger partial charge in [-0.3, -0.25) is 0 Å². The van der Waals surface area contributed by atoms with Crippen LogP contribution in [0.4, 0.5) is 0 Å². The average Bonchev–Trinajstić information content (AvgIpc) is 3.08. The standard InChI is InChI=1S/C23H23Br/c1-14(2)19-12-16-7-4-5-8-17(16)21(19)13-20-15(3)11-22-18(20)9-6-10-23(22)24/h4-12,14,20-21H,13H2,1-3H3. The van der Waals surface area contributed by atoms with Crippen molar-refractivity contribution in [2.45, 2.75) is 39.0 Å². The average molecular weight is 379 g/mol. The molecule has 0 saturated heterocycles. The molecule has 122 valence electrons. The summed E-state index contributed by atoms with van der Waals surface area (Å²) >= 11 is 3.72. The molecule has 4 rings (SSSR count). The predicted molar refractivity (Wildman–Crippen MR) is 107 cm³/mol. The van der Waals surface area contributed by atoms with E-state index < -0.39 is 0 Å².